The molecule has 0 aliphatic carbocycles. The summed E-state index contributed by atoms with van der Waals surface area (Å²) in [7, 11) is 4.10. The molecule has 15 heavy (non-hydrogen) atoms. The van der Waals surface area contributed by atoms with Crippen molar-refractivity contribution in [3.63, 3.8) is 0 Å². The van der Waals surface area contributed by atoms with Gasteiger partial charge in [-0.05, 0) is 37.4 Å². The van der Waals surface area contributed by atoms with Gasteiger partial charge in [-0.15, -0.1) is 0 Å². The van der Waals surface area contributed by atoms with Gasteiger partial charge in [-0.25, -0.2) is 4.98 Å². The lowest BCUT2D eigenvalue weighted by Crippen LogP contribution is -2.25. The van der Waals surface area contributed by atoms with E-state index in [1.165, 1.54) is 24.9 Å². The van der Waals surface area contributed by atoms with Gasteiger partial charge in [0, 0.05) is 26.3 Å². The van der Waals surface area contributed by atoms with E-state index >= 15 is 0 Å². The second-order valence-electron chi connectivity index (χ2n) is 4.38. The van der Waals surface area contributed by atoms with Crippen LogP contribution in [0.4, 0.5) is 5.82 Å². The SMILES string of the molecule is CN(C)c1ncccc1CC1CCCN1. The number of aromatic nitrogens is 1. The Balaban J connectivity index is 2.12. The normalized spacial score (nSPS) is 20.5. The quantitative estimate of drug-likeness (QED) is 0.809. The minimum Gasteiger partial charge on any atom is -0.363 e. The van der Waals surface area contributed by atoms with Crippen molar-refractivity contribution >= 4 is 5.82 Å². The van der Waals surface area contributed by atoms with Gasteiger partial charge >= 0.3 is 0 Å². The van der Waals surface area contributed by atoms with E-state index in [1.54, 1.807) is 0 Å². The van der Waals surface area contributed by atoms with Gasteiger partial charge < -0.3 is 10.2 Å². The number of hydrogen-bond donors (Lipinski definition) is 1. The van der Waals surface area contributed by atoms with Crippen molar-refractivity contribution in [2.24, 2.45) is 0 Å². The highest BCUT2D eigenvalue weighted by molar-refractivity contribution is 5.45. The number of anilines is 1. The second kappa shape index (κ2) is 4.62. The van der Waals surface area contributed by atoms with Gasteiger partial charge in [-0.3, -0.25) is 0 Å². The summed E-state index contributed by atoms with van der Waals surface area (Å²) in [6.45, 7) is 1.17. The van der Waals surface area contributed by atoms with Crippen molar-refractivity contribution in [2.75, 3.05) is 25.5 Å². The van der Waals surface area contributed by atoms with Crippen molar-refractivity contribution in [1.29, 1.82) is 0 Å². The van der Waals surface area contributed by atoms with E-state index in [1.807, 2.05) is 26.4 Å². The average Bonchev–Trinajstić information content (AvgIpc) is 2.71. The highest BCUT2D eigenvalue weighted by Gasteiger charge is 2.16. The van der Waals surface area contributed by atoms with Crippen LogP contribution < -0.4 is 10.2 Å². The van der Waals surface area contributed by atoms with Crippen LogP contribution in [0.3, 0.4) is 0 Å². The van der Waals surface area contributed by atoms with E-state index in [0.29, 0.717) is 6.04 Å². The maximum atomic E-state index is 4.42. The maximum absolute atomic E-state index is 4.42. The lowest BCUT2D eigenvalue weighted by molar-refractivity contribution is 0.602. The van der Waals surface area contributed by atoms with E-state index < -0.39 is 0 Å². The smallest absolute Gasteiger partial charge is 0.131 e. The summed E-state index contributed by atoms with van der Waals surface area (Å²) >= 11 is 0. The molecule has 1 saturated heterocycles. The van der Waals surface area contributed by atoms with E-state index in [9.17, 15) is 0 Å². The van der Waals surface area contributed by atoms with E-state index in [2.05, 4.69) is 21.3 Å². The lowest BCUT2D eigenvalue weighted by Gasteiger charge is -2.18. The molecule has 1 aliphatic heterocycles. The molecule has 82 valence electrons. The van der Waals surface area contributed by atoms with Crippen LogP contribution in [0.2, 0.25) is 0 Å². The van der Waals surface area contributed by atoms with Crippen molar-refractivity contribution in [2.45, 2.75) is 25.3 Å². The van der Waals surface area contributed by atoms with Crippen LogP contribution in [-0.4, -0.2) is 31.7 Å². The summed E-state index contributed by atoms with van der Waals surface area (Å²) in [6, 6.07) is 4.85. The molecule has 0 amide bonds. The first kappa shape index (κ1) is 10.4. The van der Waals surface area contributed by atoms with Crippen molar-refractivity contribution in [3.8, 4) is 0 Å². The molecule has 0 radical (unpaired) electrons. The molecule has 3 nitrogen and oxygen atoms in total. The standard InChI is InChI=1S/C12H19N3/c1-15(2)12-10(5-3-8-14-12)9-11-6-4-7-13-11/h3,5,8,11,13H,4,6-7,9H2,1-2H3. The van der Waals surface area contributed by atoms with Crippen LogP contribution in [0.15, 0.2) is 18.3 Å². The first-order valence-corrected chi connectivity index (χ1v) is 5.62. The molecule has 1 aromatic heterocycles. The Bertz CT molecular complexity index is 316. The molecule has 1 N–H and O–H groups in total. The Morgan fingerprint density at radius 2 is 2.40 bits per heavy atom. The van der Waals surface area contributed by atoms with E-state index in [-0.39, 0.29) is 0 Å². The monoisotopic (exact) mass is 205 g/mol. The Labute approximate surface area is 91.5 Å². The molecule has 1 fully saturated rings. The fourth-order valence-electron chi connectivity index (χ4n) is 2.19. The third-order valence-electron chi connectivity index (χ3n) is 2.92. The Hall–Kier alpha value is -1.09. The molecular weight excluding hydrogens is 186 g/mol. The summed E-state index contributed by atoms with van der Waals surface area (Å²) < 4.78 is 0. The van der Waals surface area contributed by atoms with Crippen molar-refractivity contribution < 1.29 is 0 Å². The number of hydrogen-bond acceptors (Lipinski definition) is 3. The first-order valence-electron chi connectivity index (χ1n) is 5.62. The summed E-state index contributed by atoms with van der Waals surface area (Å²) in [5.41, 5.74) is 1.35. The molecule has 2 rings (SSSR count). The van der Waals surface area contributed by atoms with Crippen LogP contribution in [0.25, 0.3) is 0 Å². The van der Waals surface area contributed by atoms with Crippen LogP contribution in [0.5, 0.6) is 0 Å². The molecule has 1 atom stereocenters. The number of pyridine rings is 1. The maximum Gasteiger partial charge on any atom is 0.131 e. The summed E-state index contributed by atoms with van der Waals surface area (Å²) in [5.74, 6) is 1.10. The lowest BCUT2D eigenvalue weighted by atomic mass is 10.1. The second-order valence-corrected chi connectivity index (χ2v) is 4.38. The topological polar surface area (TPSA) is 28.2 Å². The van der Waals surface area contributed by atoms with Crippen LogP contribution in [-0.2, 0) is 6.42 Å². The van der Waals surface area contributed by atoms with Crippen molar-refractivity contribution in [3.05, 3.63) is 23.9 Å². The van der Waals surface area contributed by atoms with Crippen LogP contribution in [0.1, 0.15) is 18.4 Å². The van der Waals surface area contributed by atoms with Gasteiger partial charge in [0.25, 0.3) is 0 Å². The zero-order chi connectivity index (χ0) is 10.7. The van der Waals surface area contributed by atoms with Crippen LogP contribution in [0, 0.1) is 0 Å². The van der Waals surface area contributed by atoms with Gasteiger partial charge in [0.05, 0.1) is 0 Å². The molecule has 0 bridgehead atoms. The fraction of sp³-hybridized carbons (Fsp3) is 0.583. The Morgan fingerprint density at radius 3 is 3.07 bits per heavy atom. The highest BCUT2D eigenvalue weighted by atomic mass is 15.1. The predicted octanol–water partition coefficient (Wildman–Crippen LogP) is 1.44. The highest BCUT2D eigenvalue weighted by Crippen LogP contribution is 2.19. The predicted molar refractivity (Wildman–Crippen MR) is 63.3 cm³/mol. The number of nitrogens with one attached hydrogen (secondary N) is 1. The van der Waals surface area contributed by atoms with Gasteiger partial charge in [0.1, 0.15) is 5.82 Å². The third-order valence-corrected chi connectivity index (χ3v) is 2.92. The molecule has 1 unspecified atom stereocenters. The summed E-state index contributed by atoms with van der Waals surface area (Å²) in [4.78, 5) is 6.51. The Morgan fingerprint density at radius 1 is 1.53 bits per heavy atom. The van der Waals surface area contributed by atoms with Gasteiger partial charge in [-0.2, -0.15) is 0 Å². The van der Waals surface area contributed by atoms with Gasteiger partial charge in [-0.1, -0.05) is 6.07 Å². The zero-order valence-corrected chi connectivity index (χ0v) is 9.53. The summed E-state index contributed by atoms with van der Waals surface area (Å²) in [5, 5.41) is 3.52. The largest absolute Gasteiger partial charge is 0.363 e. The molecule has 1 aromatic rings. The van der Waals surface area contributed by atoms with E-state index in [4.69, 9.17) is 0 Å². The minimum absolute atomic E-state index is 0.646. The average molecular weight is 205 g/mol. The van der Waals surface area contributed by atoms with Gasteiger partial charge in [0.15, 0.2) is 0 Å². The Kier molecular flexibility index (Phi) is 3.21. The molecular formula is C12H19N3. The molecule has 0 aromatic carbocycles. The molecule has 0 spiro atoms. The third kappa shape index (κ3) is 2.48. The van der Waals surface area contributed by atoms with E-state index in [0.717, 1.165) is 12.2 Å². The first-order chi connectivity index (χ1) is 7.27. The number of rotatable bonds is 3. The minimum atomic E-state index is 0.646. The molecule has 1 aliphatic rings. The fourth-order valence-corrected chi connectivity index (χ4v) is 2.19. The number of nitrogens with zero attached hydrogens (tertiary/aromatic N) is 2. The molecule has 0 saturated carbocycles. The van der Waals surface area contributed by atoms with Gasteiger partial charge in [0.2, 0.25) is 0 Å². The molecule has 3 heteroatoms. The van der Waals surface area contributed by atoms with Crippen molar-refractivity contribution in [1.82, 2.24) is 10.3 Å². The zero-order valence-electron chi connectivity index (χ0n) is 9.53. The summed E-state index contributed by atoms with van der Waals surface area (Å²) in [6.07, 6.45) is 5.56. The molecule has 2 heterocycles. The van der Waals surface area contributed by atoms with Crippen LogP contribution >= 0.6 is 0 Å².